The van der Waals surface area contributed by atoms with E-state index in [1.54, 1.807) is 36.5 Å². The number of aromatic nitrogens is 4. The van der Waals surface area contributed by atoms with E-state index >= 15 is 0 Å². The molecule has 0 radical (unpaired) electrons. The SMILES string of the molecule is Cc1nc2c(S(=O)(=O)c3ccccc3)nc3[nH]ccc3c2n1C1CCC(=O)CC1. The van der Waals surface area contributed by atoms with Crippen LogP contribution < -0.4 is 0 Å². The van der Waals surface area contributed by atoms with E-state index in [0.29, 0.717) is 24.0 Å². The smallest absolute Gasteiger partial charge is 0.226 e. The van der Waals surface area contributed by atoms with Crippen LogP contribution >= 0.6 is 0 Å². The van der Waals surface area contributed by atoms with Crippen LogP contribution in [-0.2, 0) is 14.6 Å². The molecule has 0 aliphatic heterocycles. The van der Waals surface area contributed by atoms with E-state index in [-0.39, 0.29) is 21.7 Å². The summed E-state index contributed by atoms with van der Waals surface area (Å²) < 4.78 is 28.9. The Morgan fingerprint density at radius 1 is 1.07 bits per heavy atom. The molecule has 1 aromatic carbocycles. The monoisotopic (exact) mass is 408 g/mol. The Balaban J connectivity index is 1.81. The average Bonchev–Trinajstić information content (AvgIpc) is 3.32. The van der Waals surface area contributed by atoms with Crippen molar-refractivity contribution < 1.29 is 13.2 Å². The summed E-state index contributed by atoms with van der Waals surface area (Å²) >= 11 is 0. The van der Waals surface area contributed by atoms with Gasteiger partial charge in [-0.05, 0) is 38.0 Å². The van der Waals surface area contributed by atoms with Crippen LogP contribution in [0, 0.1) is 6.92 Å². The van der Waals surface area contributed by atoms with Gasteiger partial charge in [-0.2, -0.15) is 0 Å². The van der Waals surface area contributed by atoms with Gasteiger partial charge < -0.3 is 9.55 Å². The van der Waals surface area contributed by atoms with Gasteiger partial charge in [-0.15, -0.1) is 0 Å². The summed E-state index contributed by atoms with van der Waals surface area (Å²) in [5.41, 5.74) is 1.66. The summed E-state index contributed by atoms with van der Waals surface area (Å²) in [5.74, 6) is 1.02. The molecule has 3 heterocycles. The summed E-state index contributed by atoms with van der Waals surface area (Å²) in [7, 11) is -3.84. The van der Waals surface area contributed by atoms with Crippen molar-refractivity contribution in [3.63, 3.8) is 0 Å². The molecule has 0 unspecified atom stereocenters. The summed E-state index contributed by atoms with van der Waals surface area (Å²) in [5, 5.41) is 0.798. The Kier molecular flexibility index (Phi) is 4.06. The highest BCUT2D eigenvalue weighted by Gasteiger charge is 2.30. The zero-order chi connectivity index (χ0) is 20.2. The van der Waals surface area contributed by atoms with Crippen LogP contribution in [-0.4, -0.2) is 33.7 Å². The van der Waals surface area contributed by atoms with Gasteiger partial charge in [0.05, 0.1) is 10.4 Å². The van der Waals surface area contributed by atoms with E-state index in [1.165, 1.54) is 0 Å². The second kappa shape index (κ2) is 6.52. The predicted molar refractivity (Wildman–Crippen MR) is 109 cm³/mol. The van der Waals surface area contributed by atoms with Gasteiger partial charge in [0.2, 0.25) is 9.84 Å². The summed E-state index contributed by atoms with van der Waals surface area (Å²) in [4.78, 5) is 24.1. The zero-order valence-corrected chi connectivity index (χ0v) is 16.7. The first-order chi connectivity index (χ1) is 14.0. The first-order valence-electron chi connectivity index (χ1n) is 9.64. The minimum Gasteiger partial charge on any atom is -0.346 e. The van der Waals surface area contributed by atoms with Crippen molar-refractivity contribution in [1.29, 1.82) is 0 Å². The molecule has 148 valence electrons. The highest BCUT2D eigenvalue weighted by Crippen LogP contribution is 2.37. The quantitative estimate of drug-likeness (QED) is 0.557. The fourth-order valence-electron chi connectivity index (χ4n) is 4.28. The molecule has 0 spiro atoms. The molecule has 3 aromatic heterocycles. The fourth-order valence-corrected chi connectivity index (χ4v) is 5.62. The van der Waals surface area contributed by atoms with Crippen molar-refractivity contribution in [3.05, 3.63) is 48.4 Å². The zero-order valence-electron chi connectivity index (χ0n) is 15.9. The number of H-pyrrole nitrogens is 1. The number of aryl methyl sites for hydroxylation is 1. The molecule has 8 heteroatoms. The largest absolute Gasteiger partial charge is 0.346 e. The van der Waals surface area contributed by atoms with Crippen molar-refractivity contribution >= 4 is 37.7 Å². The normalized spacial score (nSPS) is 16.1. The molecule has 4 aromatic rings. The molecule has 7 nitrogen and oxygen atoms in total. The molecular formula is C21H20N4O3S. The Labute approximate surface area is 167 Å². The van der Waals surface area contributed by atoms with Crippen LogP contribution in [0.3, 0.4) is 0 Å². The van der Waals surface area contributed by atoms with Crippen LogP contribution in [0.1, 0.15) is 37.5 Å². The van der Waals surface area contributed by atoms with Crippen molar-refractivity contribution in [2.75, 3.05) is 0 Å². The number of fused-ring (bicyclic) bond motifs is 3. The van der Waals surface area contributed by atoms with Crippen LogP contribution in [0.4, 0.5) is 0 Å². The number of Topliss-reactive ketones (excluding diaryl/α,β-unsaturated/α-hetero) is 1. The maximum atomic E-state index is 13.4. The van der Waals surface area contributed by atoms with Crippen LogP contribution in [0.25, 0.3) is 22.1 Å². The van der Waals surface area contributed by atoms with E-state index < -0.39 is 9.84 Å². The Hall–Kier alpha value is -3.00. The topological polar surface area (TPSA) is 97.7 Å². The molecule has 1 fully saturated rings. The highest BCUT2D eigenvalue weighted by molar-refractivity contribution is 7.91. The number of rotatable bonds is 3. The molecule has 1 N–H and O–H groups in total. The standard InChI is InChI=1S/C21H20N4O3S/c1-13-23-18-19(25(13)14-7-9-15(26)10-8-14)17-11-12-22-20(17)24-21(18)29(27,28)16-5-3-2-4-6-16/h2-6,11-12,14H,7-10H2,1H3,(H,22,24). The second-order valence-corrected chi connectivity index (χ2v) is 9.33. The number of carbonyl (C=O) groups excluding carboxylic acids is 1. The van der Waals surface area contributed by atoms with E-state index in [4.69, 9.17) is 0 Å². The fraction of sp³-hybridized carbons (Fsp3) is 0.286. The lowest BCUT2D eigenvalue weighted by atomic mass is 9.94. The molecule has 1 aliphatic rings. The average molecular weight is 408 g/mol. The van der Waals surface area contributed by atoms with E-state index in [0.717, 1.165) is 29.6 Å². The second-order valence-electron chi connectivity index (χ2n) is 7.47. The molecule has 0 amide bonds. The number of sulfone groups is 1. The third-order valence-corrected chi connectivity index (χ3v) is 7.36. The van der Waals surface area contributed by atoms with Crippen molar-refractivity contribution in [1.82, 2.24) is 19.5 Å². The Bertz CT molecular complexity index is 1340. The number of ketones is 1. The number of hydrogen-bond acceptors (Lipinski definition) is 5. The third kappa shape index (κ3) is 2.78. The molecular weight excluding hydrogens is 388 g/mol. The van der Waals surface area contributed by atoms with Crippen molar-refractivity contribution in [3.8, 4) is 0 Å². The molecule has 5 rings (SSSR count). The predicted octanol–water partition coefficient (Wildman–Crippen LogP) is 3.74. The van der Waals surface area contributed by atoms with Gasteiger partial charge in [0, 0.05) is 30.5 Å². The first kappa shape index (κ1) is 18.1. The number of benzene rings is 1. The van der Waals surface area contributed by atoms with E-state index in [1.807, 2.05) is 13.0 Å². The molecule has 29 heavy (non-hydrogen) atoms. The Morgan fingerprint density at radius 2 is 1.79 bits per heavy atom. The number of nitrogens with zero attached hydrogens (tertiary/aromatic N) is 3. The Morgan fingerprint density at radius 3 is 2.52 bits per heavy atom. The van der Waals surface area contributed by atoms with Gasteiger partial charge in [0.15, 0.2) is 5.03 Å². The molecule has 0 atom stereocenters. The van der Waals surface area contributed by atoms with Gasteiger partial charge in [-0.1, -0.05) is 18.2 Å². The molecule has 1 saturated carbocycles. The van der Waals surface area contributed by atoms with Gasteiger partial charge in [0.25, 0.3) is 0 Å². The highest BCUT2D eigenvalue weighted by atomic mass is 32.2. The number of nitrogens with one attached hydrogen (secondary N) is 1. The molecule has 0 bridgehead atoms. The maximum Gasteiger partial charge on any atom is 0.226 e. The number of pyridine rings is 1. The lowest BCUT2D eigenvalue weighted by Crippen LogP contribution is -2.19. The van der Waals surface area contributed by atoms with Gasteiger partial charge >= 0.3 is 0 Å². The lowest BCUT2D eigenvalue weighted by molar-refractivity contribution is -0.120. The van der Waals surface area contributed by atoms with Crippen LogP contribution in [0.5, 0.6) is 0 Å². The molecule has 1 aliphatic carbocycles. The minimum atomic E-state index is -3.84. The number of carbonyl (C=O) groups is 1. The number of hydrogen-bond donors (Lipinski definition) is 1. The summed E-state index contributed by atoms with van der Waals surface area (Å²) in [6.45, 7) is 1.88. The van der Waals surface area contributed by atoms with Gasteiger partial charge in [0.1, 0.15) is 22.8 Å². The third-order valence-electron chi connectivity index (χ3n) is 5.67. The molecule has 0 saturated heterocycles. The number of imidazole rings is 1. The summed E-state index contributed by atoms with van der Waals surface area (Å²) in [6.07, 6.45) is 4.31. The maximum absolute atomic E-state index is 13.4. The minimum absolute atomic E-state index is 0.0395. The van der Waals surface area contributed by atoms with Crippen molar-refractivity contribution in [2.24, 2.45) is 0 Å². The van der Waals surface area contributed by atoms with E-state index in [2.05, 4.69) is 19.5 Å². The van der Waals surface area contributed by atoms with Crippen LogP contribution in [0.2, 0.25) is 0 Å². The first-order valence-corrected chi connectivity index (χ1v) is 11.1. The lowest BCUT2D eigenvalue weighted by Gasteiger charge is -2.24. The summed E-state index contributed by atoms with van der Waals surface area (Å²) in [6, 6.07) is 10.3. The van der Waals surface area contributed by atoms with Gasteiger partial charge in [-0.3, -0.25) is 4.79 Å². The number of aromatic amines is 1. The van der Waals surface area contributed by atoms with Crippen LogP contribution in [0.15, 0.2) is 52.5 Å². The van der Waals surface area contributed by atoms with Gasteiger partial charge in [-0.25, -0.2) is 18.4 Å². The van der Waals surface area contributed by atoms with E-state index in [9.17, 15) is 13.2 Å². The van der Waals surface area contributed by atoms with Crippen molar-refractivity contribution in [2.45, 2.75) is 48.6 Å².